The van der Waals surface area contributed by atoms with E-state index in [1.165, 1.54) is 0 Å². The highest BCUT2D eigenvalue weighted by molar-refractivity contribution is 5.30. The van der Waals surface area contributed by atoms with Gasteiger partial charge in [0, 0.05) is 0 Å². The van der Waals surface area contributed by atoms with Crippen molar-refractivity contribution >= 4 is 0 Å². The minimum absolute atomic E-state index is 0.104. The van der Waals surface area contributed by atoms with Crippen LogP contribution in [0.1, 0.15) is 39.3 Å². The largest absolute Gasteiger partial charge is 0.491 e. The maximum Gasteiger partial charge on any atom is 0.120 e. The van der Waals surface area contributed by atoms with Crippen molar-refractivity contribution in [1.29, 1.82) is 0 Å². The number of ether oxygens (including phenoxy) is 2. The summed E-state index contributed by atoms with van der Waals surface area (Å²) in [6.07, 6.45) is 0.379. The molecule has 1 unspecified atom stereocenters. The molecule has 1 aromatic carbocycles. The second-order valence-electron chi connectivity index (χ2n) is 4.73. The Kier molecular flexibility index (Phi) is 5.45. The number of benzene rings is 1. The van der Waals surface area contributed by atoms with Crippen molar-refractivity contribution in [1.82, 2.24) is 0 Å². The predicted octanol–water partition coefficient (Wildman–Crippen LogP) is 2.90. The summed E-state index contributed by atoms with van der Waals surface area (Å²) < 4.78 is 11.1. The monoisotopic (exact) mass is 237 g/mol. The Morgan fingerprint density at radius 1 is 1.12 bits per heavy atom. The molecule has 17 heavy (non-hydrogen) atoms. The van der Waals surface area contributed by atoms with Crippen molar-refractivity contribution in [2.24, 2.45) is 5.73 Å². The summed E-state index contributed by atoms with van der Waals surface area (Å²) in [7, 11) is 0. The Balaban J connectivity index is 2.63. The van der Waals surface area contributed by atoms with E-state index in [0.29, 0.717) is 6.61 Å². The lowest BCUT2D eigenvalue weighted by Crippen LogP contribution is -2.19. The minimum atomic E-state index is -0.104. The third-order valence-corrected chi connectivity index (χ3v) is 2.27. The molecule has 2 N–H and O–H groups in total. The van der Waals surface area contributed by atoms with Gasteiger partial charge in [-0.25, -0.2) is 0 Å². The molecule has 0 amide bonds. The molecule has 0 aliphatic carbocycles. The lowest BCUT2D eigenvalue weighted by Gasteiger charge is -2.16. The van der Waals surface area contributed by atoms with E-state index < -0.39 is 0 Å². The van der Waals surface area contributed by atoms with Crippen molar-refractivity contribution < 1.29 is 9.47 Å². The third kappa shape index (κ3) is 5.20. The zero-order valence-electron chi connectivity index (χ0n) is 11.1. The molecule has 1 atom stereocenters. The second-order valence-corrected chi connectivity index (χ2v) is 4.73. The molecule has 0 aromatic heterocycles. The Hall–Kier alpha value is -1.06. The minimum Gasteiger partial charge on any atom is -0.491 e. The van der Waals surface area contributed by atoms with E-state index in [1.54, 1.807) is 0 Å². The van der Waals surface area contributed by atoms with Gasteiger partial charge in [-0.3, -0.25) is 0 Å². The third-order valence-electron chi connectivity index (χ3n) is 2.27. The fraction of sp³-hybridized carbons (Fsp3) is 0.571. The van der Waals surface area contributed by atoms with Gasteiger partial charge in [0.15, 0.2) is 0 Å². The molecule has 1 rings (SSSR count). The lowest BCUT2D eigenvalue weighted by atomic mass is 10.1. The SMILES string of the molecule is CC(C)OCC(N)c1cccc(OC(C)C)c1. The molecular weight excluding hydrogens is 214 g/mol. The van der Waals surface area contributed by atoms with Crippen molar-refractivity contribution in [2.45, 2.75) is 45.9 Å². The molecule has 0 saturated heterocycles. The predicted molar refractivity (Wildman–Crippen MR) is 70.2 cm³/mol. The van der Waals surface area contributed by atoms with Crippen LogP contribution in [-0.4, -0.2) is 18.8 Å². The molecule has 0 spiro atoms. The fourth-order valence-electron chi connectivity index (χ4n) is 1.48. The molecule has 0 saturated carbocycles. The number of hydrogen-bond acceptors (Lipinski definition) is 3. The van der Waals surface area contributed by atoms with Gasteiger partial charge in [0.05, 0.1) is 24.9 Å². The van der Waals surface area contributed by atoms with Crippen LogP contribution in [-0.2, 0) is 4.74 Å². The second kappa shape index (κ2) is 6.62. The van der Waals surface area contributed by atoms with E-state index >= 15 is 0 Å². The van der Waals surface area contributed by atoms with Crippen LogP contribution in [0.3, 0.4) is 0 Å². The molecule has 0 aliphatic rings. The summed E-state index contributed by atoms with van der Waals surface area (Å²) >= 11 is 0. The van der Waals surface area contributed by atoms with E-state index in [1.807, 2.05) is 52.0 Å². The highest BCUT2D eigenvalue weighted by atomic mass is 16.5. The smallest absolute Gasteiger partial charge is 0.120 e. The van der Waals surface area contributed by atoms with Crippen molar-refractivity contribution in [3.05, 3.63) is 29.8 Å². The fourth-order valence-corrected chi connectivity index (χ4v) is 1.48. The van der Waals surface area contributed by atoms with E-state index in [9.17, 15) is 0 Å². The standard InChI is InChI=1S/C14H23NO2/c1-10(2)16-9-14(15)12-6-5-7-13(8-12)17-11(3)4/h5-8,10-11,14H,9,15H2,1-4H3. The maximum absolute atomic E-state index is 6.06. The lowest BCUT2D eigenvalue weighted by molar-refractivity contribution is 0.0682. The van der Waals surface area contributed by atoms with Gasteiger partial charge in [-0.05, 0) is 45.4 Å². The summed E-state index contributed by atoms with van der Waals surface area (Å²) in [5.74, 6) is 0.859. The van der Waals surface area contributed by atoms with Gasteiger partial charge >= 0.3 is 0 Å². The molecule has 3 heteroatoms. The van der Waals surface area contributed by atoms with Crippen LogP contribution in [0, 0.1) is 0 Å². The quantitative estimate of drug-likeness (QED) is 0.827. The van der Waals surface area contributed by atoms with E-state index in [2.05, 4.69) is 0 Å². The van der Waals surface area contributed by atoms with Crippen molar-refractivity contribution in [2.75, 3.05) is 6.61 Å². The normalized spacial score (nSPS) is 13.1. The maximum atomic E-state index is 6.06. The van der Waals surface area contributed by atoms with Gasteiger partial charge in [0.1, 0.15) is 5.75 Å². The summed E-state index contributed by atoms with van der Waals surface area (Å²) in [5.41, 5.74) is 7.11. The molecule has 0 aliphatic heterocycles. The van der Waals surface area contributed by atoms with Gasteiger partial charge in [0.25, 0.3) is 0 Å². The molecule has 0 bridgehead atoms. The average molecular weight is 237 g/mol. The highest BCUT2D eigenvalue weighted by Crippen LogP contribution is 2.19. The van der Waals surface area contributed by atoms with Gasteiger partial charge in [-0.1, -0.05) is 12.1 Å². The summed E-state index contributed by atoms with van der Waals surface area (Å²) in [6.45, 7) is 8.56. The van der Waals surface area contributed by atoms with Crippen LogP contribution in [0.4, 0.5) is 0 Å². The van der Waals surface area contributed by atoms with E-state index in [-0.39, 0.29) is 18.2 Å². The number of nitrogens with two attached hydrogens (primary N) is 1. The van der Waals surface area contributed by atoms with Gasteiger partial charge in [0.2, 0.25) is 0 Å². The van der Waals surface area contributed by atoms with Crippen LogP contribution < -0.4 is 10.5 Å². The summed E-state index contributed by atoms with van der Waals surface area (Å²) in [5, 5.41) is 0. The van der Waals surface area contributed by atoms with Crippen LogP contribution in [0.2, 0.25) is 0 Å². The van der Waals surface area contributed by atoms with Gasteiger partial charge < -0.3 is 15.2 Å². The Morgan fingerprint density at radius 2 is 1.82 bits per heavy atom. The van der Waals surface area contributed by atoms with Gasteiger partial charge in [-0.2, -0.15) is 0 Å². The first-order chi connectivity index (χ1) is 7.99. The number of hydrogen-bond donors (Lipinski definition) is 1. The average Bonchev–Trinajstić information content (AvgIpc) is 2.25. The molecule has 0 fully saturated rings. The summed E-state index contributed by atoms with van der Waals surface area (Å²) in [6, 6.07) is 7.78. The van der Waals surface area contributed by atoms with Gasteiger partial charge in [-0.15, -0.1) is 0 Å². The Morgan fingerprint density at radius 3 is 2.41 bits per heavy atom. The zero-order valence-corrected chi connectivity index (χ0v) is 11.1. The molecular formula is C14H23NO2. The van der Waals surface area contributed by atoms with Crippen molar-refractivity contribution in [3.63, 3.8) is 0 Å². The first-order valence-corrected chi connectivity index (χ1v) is 6.13. The molecule has 1 aromatic rings. The zero-order chi connectivity index (χ0) is 12.8. The van der Waals surface area contributed by atoms with E-state index in [4.69, 9.17) is 15.2 Å². The number of rotatable bonds is 6. The van der Waals surface area contributed by atoms with Crippen molar-refractivity contribution in [3.8, 4) is 5.75 Å². The first kappa shape index (κ1) is 14.0. The molecule has 0 heterocycles. The van der Waals surface area contributed by atoms with Crippen LogP contribution in [0.5, 0.6) is 5.75 Å². The van der Waals surface area contributed by atoms with Crippen LogP contribution >= 0.6 is 0 Å². The molecule has 0 radical (unpaired) electrons. The van der Waals surface area contributed by atoms with Crippen LogP contribution in [0.15, 0.2) is 24.3 Å². The van der Waals surface area contributed by atoms with E-state index in [0.717, 1.165) is 11.3 Å². The summed E-state index contributed by atoms with van der Waals surface area (Å²) in [4.78, 5) is 0. The first-order valence-electron chi connectivity index (χ1n) is 6.13. The Bertz CT molecular complexity index is 337. The van der Waals surface area contributed by atoms with Crippen LogP contribution in [0.25, 0.3) is 0 Å². The Labute approximate surface area is 104 Å². The topological polar surface area (TPSA) is 44.5 Å². The molecule has 96 valence electrons. The molecule has 3 nitrogen and oxygen atoms in total. The highest BCUT2D eigenvalue weighted by Gasteiger charge is 2.08.